The molecule has 0 saturated carbocycles. The van der Waals surface area contributed by atoms with Gasteiger partial charge in [-0.05, 0) is 44.4 Å². The molecule has 0 spiro atoms. The highest BCUT2D eigenvalue weighted by Gasteiger charge is 2.29. The van der Waals surface area contributed by atoms with Gasteiger partial charge in [0.1, 0.15) is 0 Å². The molecule has 2 fully saturated rings. The maximum atomic E-state index is 12.4. The number of hydrogen-bond acceptors (Lipinski definition) is 2. The van der Waals surface area contributed by atoms with E-state index in [4.69, 9.17) is 0 Å². The predicted molar refractivity (Wildman–Crippen MR) is 74.9 cm³/mol. The lowest BCUT2D eigenvalue weighted by atomic mass is 9.96. The first kappa shape index (κ1) is 12.7. The molecule has 104 valence electrons. The number of rotatable bonds is 2. The number of likely N-dealkylation sites (tertiary alicyclic amines) is 1. The maximum Gasteiger partial charge on any atom is 0.226 e. The Bertz CT molecular complexity index is 401. The third kappa shape index (κ3) is 2.84. The molecular formula is C15H23N3O. The van der Waals surface area contributed by atoms with E-state index in [1.807, 2.05) is 0 Å². The van der Waals surface area contributed by atoms with Gasteiger partial charge in [0.15, 0.2) is 0 Å². The highest BCUT2D eigenvalue weighted by Crippen LogP contribution is 2.24. The van der Waals surface area contributed by atoms with Crippen molar-refractivity contribution in [1.82, 2.24) is 14.8 Å². The Kier molecular flexibility index (Phi) is 3.87. The van der Waals surface area contributed by atoms with Gasteiger partial charge in [0.05, 0.1) is 5.92 Å². The number of carbonyl (C=O) groups excluding carboxylic acids is 1. The fraction of sp³-hybridized carbons (Fsp3) is 0.667. The number of carbonyl (C=O) groups is 1. The zero-order valence-electron chi connectivity index (χ0n) is 11.4. The number of hydrogen-bond donors (Lipinski definition) is 1. The van der Waals surface area contributed by atoms with Gasteiger partial charge in [-0.2, -0.15) is 0 Å². The molecule has 2 saturated heterocycles. The minimum atomic E-state index is 0.219. The standard InChI is InChI=1S/C15H23N3O/c19-15(13-4-3-7-16-12-13)18-10-5-14(6-11-18)17-8-1-2-9-17/h1-2,8-9,13-14,16H,3-7,10-12H2. The molecule has 0 bridgehead atoms. The molecule has 3 heterocycles. The molecule has 0 radical (unpaired) electrons. The van der Waals surface area contributed by atoms with Crippen LogP contribution in [-0.2, 0) is 4.79 Å². The Labute approximate surface area is 114 Å². The summed E-state index contributed by atoms with van der Waals surface area (Å²) in [6, 6.07) is 4.72. The van der Waals surface area contributed by atoms with E-state index < -0.39 is 0 Å². The van der Waals surface area contributed by atoms with Crippen LogP contribution >= 0.6 is 0 Å². The summed E-state index contributed by atoms with van der Waals surface area (Å²) in [5, 5.41) is 3.33. The highest BCUT2D eigenvalue weighted by molar-refractivity contribution is 5.79. The molecule has 0 aromatic carbocycles. The summed E-state index contributed by atoms with van der Waals surface area (Å²) in [6.07, 6.45) is 8.63. The molecule has 1 unspecified atom stereocenters. The zero-order valence-corrected chi connectivity index (χ0v) is 11.4. The molecule has 1 aromatic rings. The van der Waals surface area contributed by atoms with Crippen LogP contribution in [0.25, 0.3) is 0 Å². The monoisotopic (exact) mass is 261 g/mol. The first-order valence-electron chi connectivity index (χ1n) is 7.46. The topological polar surface area (TPSA) is 37.3 Å². The molecular weight excluding hydrogens is 238 g/mol. The van der Waals surface area contributed by atoms with Crippen LogP contribution in [0.4, 0.5) is 0 Å². The SMILES string of the molecule is O=C(C1CCCNC1)N1CCC(n2cccc2)CC1. The molecule has 4 nitrogen and oxygen atoms in total. The van der Waals surface area contributed by atoms with Gasteiger partial charge in [0.2, 0.25) is 5.91 Å². The third-order valence-corrected chi connectivity index (χ3v) is 4.47. The van der Waals surface area contributed by atoms with Crippen LogP contribution in [0.15, 0.2) is 24.5 Å². The summed E-state index contributed by atoms with van der Waals surface area (Å²) in [6.45, 7) is 3.77. The Morgan fingerprint density at radius 3 is 2.47 bits per heavy atom. The second kappa shape index (κ2) is 5.78. The average molecular weight is 261 g/mol. The number of aromatic nitrogens is 1. The van der Waals surface area contributed by atoms with E-state index in [1.54, 1.807) is 0 Å². The van der Waals surface area contributed by atoms with Gasteiger partial charge in [0.25, 0.3) is 0 Å². The van der Waals surface area contributed by atoms with E-state index >= 15 is 0 Å². The van der Waals surface area contributed by atoms with Crippen molar-refractivity contribution in [2.24, 2.45) is 5.92 Å². The fourth-order valence-corrected chi connectivity index (χ4v) is 3.30. The largest absolute Gasteiger partial charge is 0.351 e. The Balaban J connectivity index is 1.53. The van der Waals surface area contributed by atoms with Crippen molar-refractivity contribution >= 4 is 5.91 Å². The molecule has 1 N–H and O–H groups in total. The van der Waals surface area contributed by atoms with Crippen LogP contribution in [0.3, 0.4) is 0 Å². The van der Waals surface area contributed by atoms with Gasteiger partial charge in [-0.3, -0.25) is 4.79 Å². The summed E-state index contributed by atoms with van der Waals surface area (Å²) in [5.41, 5.74) is 0. The van der Waals surface area contributed by atoms with Crippen LogP contribution in [0.5, 0.6) is 0 Å². The van der Waals surface area contributed by atoms with E-state index in [0.717, 1.165) is 51.9 Å². The quantitative estimate of drug-likeness (QED) is 0.879. The molecule has 1 aromatic heterocycles. The van der Waals surface area contributed by atoms with Crippen LogP contribution in [0.1, 0.15) is 31.7 Å². The van der Waals surface area contributed by atoms with Gasteiger partial charge >= 0.3 is 0 Å². The zero-order chi connectivity index (χ0) is 13.1. The first-order valence-corrected chi connectivity index (χ1v) is 7.46. The van der Waals surface area contributed by atoms with Gasteiger partial charge in [-0.1, -0.05) is 0 Å². The minimum Gasteiger partial charge on any atom is -0.351 e. The van der Waals surface area contributed by atoms with Gasteiger partial charge in [0, 0.05) is 38.1 Å². The molecule has 1 atom stereocenters. The smallest absolute Gasteiger partial charge is 0.226 e. The normalized spacial score (nSPS) is 25.5. The maximum absolute atomic E-state index is 12.4. The second-order valence-corrected chi connectivity index (χ2v) is 5.73. The molecule has 4 heteroatoms. The van der Waals surface area contributed by atoms with Crippen molar-refractivity contribution in [3.63, 3.8) is 0 Å². The highest BCUT2D eigenvalue weighted by atomic mass is 16.2. The number of amides is 1. The lowest BCUT2D eigenvalue weighted by Gasteiger charge is -2.35. The lowest BCUT2D eigenvalue weighted by molar-refractivity contribution is -0.137. The number of nitrogens with zero attached hydrogens (tertiary/aromatic N) is 2. The fourth-order valence-electron chi connectivity index (χ4n) is 3.30. The predicted octanol–water partition coefficient (Wildman–Crippen LogP) is 1.65. The van der Waals surface area contributed by atoms with Crippen molar-refractivity contribution in [3.05, 3.63) is 24.5 Å². The average Bonchev–Trinajstić information content (AvgIpc) is 3.02. The Morgan fingerprint density at radius 1 is 1.11 bits per heavy atom. The summed E-state index contributed by atoms with van der Waals surface area (Å²) in [7, 11) is 0. The Morgan fingerprint density at radius 2 is 1.84 bits per heavy atom. The third-order valence-electron chi connectivity index (χ3n) is 4.47. The van der Waals surface area contributed by atoms with Gasteiger partial charge in [-0.25, -0.2) is 0 Å². The first-order chi connectivity index (χ1) is 9.34. The Hall–Kier alpha value is -1.29. The molecule has 19 heavy (non-hydrogen) atoms. The van der Waals surface area contributed by atoms with E-state index in [2.05, 4.69) is 39.3 Å². The van der Waals surface area contributed by atoms with Crippen LogP contribution in [-0.4, -0.2) is 41.6 Å². The molecule has 2 aliphatic heterocycles. The molecule has 2 aliphatic rings. The molecule has 1 amide bonds. The lowest BCUT2D eigenvalue weighted by Crippen LogP contribution is -2.46. The molecule has 0 aliphatic carbocycles. The van der Waals surface area contributed by atoms with E-state index in [-0.39, 0.29) is 5.92 Å². The van der Waals surface area contributed by atoms with Crippen molar-refractivity contribution in [2.75, 3.05) is 26.2 Å². The van der Waals surface area contributed by atoms with Crippen molar-refractivity contribution in [2.45, 2.75) is 31.7 Å². The summed E-state index contributed by atoms with van der Waals surface area (Å²) >= 11 is 0. The van der Waals surface area contributed by atoms with E-state index in [1.165, 1.54) is 0 Å². The molecule has 3 rings (SSSR count). The summed E-state index contributed by atoms with van der Waals surface area (Å²) in [4.78, 5) is 14.5. The summed E-state index contributed by atoms with van der Waals surface area (Å²) in [5.74, 6) is 0.593. The van der Waals surface area contributed by atoms with E-state index in [9.17, 15) is 4.79 Å². The van der Waals surface area contributed by atoms with E-state index in [0.29, 0.717) is 11.9 Å². The van der Waals surface area contributed by atoms with Crippen molar-refractivity contribution < 1.29 is 4.79 Å². The number of piperidine rings is 2. The van der Waals surface area contributed by atoms with Crippen LogP contribution in [0, 0.1) is 5.92 Å². The van der Waals surface area contributed by atoms with Crippen molar-refractivity contribution in [3.8, 4) is 0 Å². The van der Waals surface area contributed by atoms with Crippen LogP contribution < -0.4 is 5.32 Å². The van der Waals surface area contributed by atoms with Gasteiger partial charge < -0.3 is 14.8 Å². The van der Waals surface area contributed by atoms with Crippen molar-refractivity contribution in [1.29, 1.82) is 0 Å². The summed E-state index contributed by atoms with van der Waals surface area (Å²) < 4.78 is 2.28. The second-order valence-electron chi connectivity index (χ2n) is 5.73. The minimum absolute atomic E-state index is 0.219. The number of nitrogens with one attached hydrogen (secondary N) is 1. The van der Waals surface area contributed by atoms with Gasteiger partial charge in [-0.15, -0.1) is 0 Å². The van der Waals surface area contributed by atoms with Crippen LogP contribution in [0.2, 0.25) is 0 Å².